The maximum Gasteiger partial charge on any atom is 0.158 e. The number of morpholine rings is 1. The highest BCUT2D eigenvalue weighted by Gasteiger charge is 2.24. The number of aryl methyl sites for hydroxylation is 1. The number of hydrogen-bond acceptors (Lipinski definition) is 5. The van der Waals surface area contributed by atoms with Gasteiger partial charge in [0.05, 0.1) is 6.61 Å². The van der Waals surface area contributed by atoms with Crippen LogP contribution >= 0.6 is 0 Å². The monoisotopic (exact) mass is 262 g/mol. The van der Waals surface area contributed by atoms with Crippen LogP contribution in [0.25, 0.3) is 0 Å². The number of likely N-dealkylation sites (N-methyl/N-ethyl adjacent to an activating group) is 1. The van der Waals surface area contributed by atoms with Gasteiger partial charge in [0.25, 0.3) is 0 Å². The van der Waals surface area contributed by atoms with E-state index in [-0.39, 0.29) is 12.1 Å². The van der Waals surface area contributed by atoms with E-state index in [1.807, 2.05) is 6.20 Å². The zero-order valence-electron chi connectivity index (χ0n) is 11.5. The van der Waals surface area contributed by atoms with Crippen LogP contribution in [-0.4, -0.2) is 41.6 Å². The Kier molecular flexibility index (Phi) is 3.77. The summed E-state index contributed by atoms with van der Waals surface area (Å²) in [6.07, 6.45) is 6.33. The molecule has 2 unspecified atom stereocenters. The van der Waals surface area contributed by atoms with Gasteiger partial charge in [0.1, 0.15) is 6.10 Å². The highest BCUT2D eigenvalue weighted by Crippen LogP contribution is 2.27. The molecule has 0 aromatic carbocycles. The zero-order valence-corrected chi connectivity index (χ0v) is 11.5. The Balaban J connectivity index is 1.86. The Morgan fingerprint density at radius 3 is 3.16 bits per heavy atom. The van der Waals surface area contributed by atoms with E-state index in [4.69, 9.17) is 15.5 Å². The van der Waals surface area contributed by atoms with Crippen LogP contribution in [0.4, 0.5) is 0 Å². The Morgan fingerprint density at radius 1 is 1.42 bits per heavy atom. The molecule has 2 N–H and O–H groups in total. The van der Waals surface area contributed by atoms with E-state index in [2.05, 4.69) is 16.9 Å². The lowest BCUT2D eigenvalue weighted by Gasteiger charge is -2.29. The fourth-order valence-electron chi connectivity index (χ4n) is 2.85. The minimum atomic E-state index is 0.00327. The molecule has 5 heteroatoms. The third kappa shape index (κ3) is 2.78. The third-order valence-corrected chi connectivity index (χ3v) is 4.05. The molecule has 104 valence electrons. The van der Waals surface area contributed by atoms with Gasteiger partial charge in [-0.3, -0.25) is 0 Å². The molecule has 2 atom stereocenters. The van der Waals surface area contributed by atoms with Crippen LogP contribution < -0.4 is 5.73 Å². The molecule has 2 heterocycles. The lowest BCUT2D eigenvalue weighted by molar-refractivity contribution is -0.0256. The van der Waals surface area contributed by atoms with Crippen molar-refractivity contribution in [3.05, 3.63) is 23.3 Å². The Labute approximate surface area is 114 Å². The molecule has 1 aromatic rings. The molecule has 0 saturated carbocycles. The van der Waals surface area contributed by atoms with Crippen molar-refractivity contribution in [3.63, 3.8) is 0 Å². The lowest BCUT2D eigenvalue weighted by Crippen LogP contribution is -2.36. The predicted octanol–water partition coefficient (Wildman–Crippen LogP) is 1.21. The summed E-state index contributed by atoms with van der Waals surface area (Å²) in [5.41, 5.74) is 8.44. The number of hydrogen-bond donors (Lipinski definition) is 1. The van der Waals surface area contributed by atoms with Crippen molar-refractivity contribution in [3.8, 4) is 0 Å². The van der Waals surface area contributed by atoms with Gasteiger partial charge in [-0.2, -0.15) is 0 Å². The first-order valence-corrected chi connectivity index (χ1v) is 7.15. The normalized spacial score (nSPS) is 28.7. The van der Waals surface area contributed by atoms with Crippen molar-refractivity contribution in [2.75, 3.05) is 26.7 Å². The highest BCUT2D eigenvalue weighted by atomic mass is 16.5. The summed E-state index contributed by atoms with van der Waals surface area (Å²) >= 11 is 0. The number of rotatable bonds is 1. The largest absolute Gasteiger partial charge is 0.368 e. The SMILES string of the molecule is CN1CCOC(c2ncc3c(n2)CCCCC3N)C1. The molecule has 1 aliphatic carbocycles. The fraction of sp³-hybridized carbons (Fsp3) is 0.714. The van der Waals surface area contributed by atoms with E-state index in [9.17, 15) is 0 Å². The molecular weight excluding hydrogens is 240 g/mol. The standard InChI is InChI=1S/C14H22N4O/c1-18-6-7-19-13(9-18)14-16-8-10-11(15)4-2-3-5-12(10)17-14/h8,11,13H,2-7,9,15H2,1H3. The lowest BCUT2D eigenvalue weighted by atomic mass is 10.1. The van der Waals surface area contributed by atoms with Crippen molar-refractivity contribution in [1.82, 2.24) is 14.9 Å². The maximum absolute atomic E-state index is 6.18. The molecule has 5 nitrogen and oxygen atoms in total. The van der Waals surface area contributed by atoms with E-state index in [1.165, 1.54) is 12.8 Å². The highest BCUT2D eigenvalue weighted by molar-refractivity contribution is 5.23. The summed E-state index contributed by atoms with van der Waals surface area (Å²) in [4.78, 5) is 11.5. The van der Waals surface area contributed by atoms with Crippen molar-refractivity contribution in [2.24, 2.45) is 5.73 Å². The summed E-state index contributed by atoms with van der Waals surface area (Å²) in [6, 6.07) is 0.0986. The molecule has 0 amide bonds. The summed E-state index contributed by atoms with van der Waals surface area (Å²) < 4.78 is 5.79. The van der Waals surface area contributed by atoms with Crippen molar-refractivity contribution in [1.29, 1.82) is 0 Å². The topological polar surface area (TPSA) is 64.3 Å². The van der Waals surface area contributed by atoms with E-state index in [0.717, 1.165) is 49.6 Å². The van der Waals surface area contributed by atoms with Gasteiger partial charge in [0, 0.05) is 36.6 Å². The first-order valence-electron chi connectivity index (χ1n) is 7.15. The van der Waals surface area contributed by atoms with Crippen LogP contribution in [0.5, 0.6) is 0 Å². The molecule has 0 radical (unpaired) electrons. The van der Waals surface area contributed by atoms with E-state index in [0.29, 0.717) is 0 Å². The van der Waals surface area contributed by atoms with Gasteiger partial charge >= 0.3 is 0 Å². The summed E-state index contributed by atoms with van der Waals surface area (Å²) in [5, 5.41) is 0. The van der Waals surface area contributed by atoms with Gasteiger partial charge in [0.2, 0.25) is 0 Å². The Bertz CT molecular complexity index is 451. The third-order valence-electron chi connectivity index (χ3n) is 4.05. The van der Waals surface area contributed by atoms with Crippen LogP contribution in [0.2, 0.25) is 0 Å². The summed E-state index contributed by atoms with van der Waals surface area (Å²) in [7, 11) is 2.11. The number of aromatic nitrogens is 2. The van der Waals surface area contributed by atoms with Gasteiger partial charge in [-0.05, 0) is 26.3 Å². The molecule has 3 rings (SSSR count). The smallest absolute Gasteiger partial charge is 0.158 e. The van der Waals surface area contributed by atoms with Crippen LogP contribution in [0, 0.1) is 0 Å². The second-order valence-corrected chi connectivity index (χ2v) is 5.60. The first-order chi connectivity index (χ1) is 9.24. The van der Waals surface area contributed by atoms with E-state index < -0.39 is 0 Å². The van der Waals surface area contributed by atoms with Crippen LogP contribution in [0.15, 0.2) is 6.20 Å². The van der Waals surface area contributed by atoms with Crippen LogP contribution in [0.1, 0.15) is 48.5 Å². The Morgan fingerprint density at radius 2 is 2.32 bits per heavy atom. The first kappa shape index (κ1) is 13.0. The average Bonchev–Trinajstić information content (AvgIpc) is 2.60. The summed E-state index contributed by atoms with van der Waals surface area (Å²) in [6.45, 7) is 2.60. The molecule has 0 bridgehead atoms. The van der Waals surface area contributed by atoms with Gasteiger partial charge in [-0.1, -0.05) is 6.42 Å². The van der Waals surface area contributed by atoms with Gasteiger partial charge in [-0.15, -0.1) is 0 Å². The number of nitrogens with two attached hydrogens (primary N) is 1. The molecular formula is C14H22N4O. The van der Waals surface area contributed by atoms with Crippen molar-refractivity contribution < 1.29 is 4.74 Å². The quantitative estimate of drug-likeness (QED) is 0.771. The van der Waals surface area contributed by atoms with Crippen molar-refractivity contribution >= 4 is 0 Å². The van der Waals surface area contributed by atoms with E-state index >= 15 is 0 Å². The molecule has 19 heavy (non-hydrogen) atoms. The van der Waals surface area contributed by atoms with Gasteiger partial charge in [-0.25, -0.2) is 9.97 Å². The number of ether oxygens (including phenoxy) is 1. The number of fused-ring (bicyclic) bond motifs is 1. The molecule has 2 aliphatic rings. The van der Waals surface area contributed by atoms with Gasteiger partial charge < -0.3 is 15.4 Å². The molecule has 0 spiro atoms. The number of nitrogens with zero attached hydrogens (tertiary/aromatic N) is 3. The minimum Gasteiger partial charge on any atom is -0.368 e. The minimum absolute atomic E-state index is 0.00327. The maximum atomic E-state index is 6.18. The molecule has 1 aliphatic heterocycles. The van der Waals surface area contributed by atoms with Crippen molar-refractivity contribution in [2.45, 2.75) is 37.8 Å². The van der Waals surface area contributed by atoms with Gasteiger partial charge in [0.15, 0.2) is 5.82 Å². The average molecular weight is 262 g/mol. The second-order valence-electron chi connectivity index (χ2n) is 5.60. The Hall–Kier alpha value is -1.04. The molecule has 1 aromatic heterocycles. The summed E-state index contributed by atoms with van der Waals surface area (Å²) in [5.74, 6) is 0.819. The van der Waals surface area contributed by atoms with Crippen LogP contribution in [0.3, 0.4) is 0 Å². The van der Waals surface area contributed by atoms with E-state index in [1.54, 1.807) is 0 Å². The fourth-order valence-corrected chi connectivity index (χ4v) is 2.85. The molecule has 1 fully saturated rings. The molecule has 1 saturated heterocycles. The van der Waals surface area contributed by atoms with Crippen LogP contribution in [-0.2, 0) is 11.2 Å². The predicted molar refractivity (Wildman–Crippen MR) is 72.7 cm³/mol. The zero-order chi connectivity index (χ0) is 13.2. The second kappa shape index (κ2) is 5.53.